The molecule has 1 amide bonds. The van der Waals surface area contributed by atoms with Crippen LogP contribution < -0.4 is 10.6 Å². The molecule has 1 aliphatic rings. The molecular weight excluding hydrogens is 283 g/mol. The van der Waals surface area contributed by atoms with Gasteiger partial charge in [-0.1, -0.05) is 0 Å². The Kier molecular flexibility index (Phi) is 4.63. The Morgan fingerprint density at radius 1 is 1.67 bits per heavy atom. The summed E-state index contributed by atoms with van der Waals surface area (Å²) in [6.45, 7) is 1.82. The van der Waals surface area contributed by atoms with E-state index in [1.165, 1.54) is 6.26 Å². The minimum absolute atomic E-state index is 0. The van der Waals surface area contributed by atoms with Crippen molar-refractivity contribution < 1.29 is 9.21 Å². The zero-order valence-electron chi connectivity index (χ0n) is 7.96. The highest BCUT2D eigenvalue weighted by molar-refractivity contribution is 9.10. The maximum Gasteiger partial charge on any atom is 0.254 e. The van der Waals surface area contributed by atoms with Crippen LogP contribution in [0.5, 0.6) is 0 Å². The van der Waals surface area contributed by atoms with Crippen LogP contribution in [-0.2, 0) is 0 Å². The average Bonchev–Trinajstić information content (AvgIpc) is 2.75. The number of amides is 1. The number of nitrogens with one attached hydrogen (secondary N) is 2. The molecule has 0 bridgehead atoms. The molecule has 1 aromatic rings. The predicted molar refractivity (Wildman–Crippen MR) is 62.4 cm³/mol. The van der Waals surface area contributed by atoms with Crippen molar-refractivity contribution in [1.82, 2.24) is 10.6 Å². The van der Waals surface area contributed by atoms with E-state index in [9.17, 15) is 4.79 Å². The molecule has 1 atom stereocenters. The molecule has 0 radical (unpaired) electrons. The molecule has 0 saturated carbocycles. The highest BCUT2D eigenvalue weighted by atomic mass is 79.9. The van der Waals surface area contributed by atoms with Gasteiger partial charge in [0, 0.05) is 18.7 Å². The van der Waals surface area contributed by atoms with Crippen LogP contribution in [0.1, 0.15) is 16.8 Å². The lowest BCUT2D eigenvalue weighted by atomic mass is 10.2. The molecule has 84 valence electrons. The van der Waals surface area contributed by atoms with E-state index < -0.39 is 0 Å². The lowest BCUT2D eigenvalue weighted by Crippen LogP contribution is -2.35. The van der Waals surface area contributed by atoms with Gasteiger partial charge in [0.2, 0.25) is 0 Å². The van der Waals surface area contributed by atoms with E-state index in [-0.39, 0.29) is 24.4 Å². The summed E-state index contributed by atoms with van der Waals surface area (Å²) in [5.74, 6) is -0.0758. The van der Waals surface area contributed by atoms with Crippen molar-refractivity contribution in [2.24, 2.45) is 0 Å². The van der Waals surface area contributed by atoms with Crippen LogP contribution in [0.2, 0.25) is 0 Å². The number of carbonyl (C=O) groups excluding carboxylic acids is 1. The first-order chi connectivity index (χ1) is 6.75. The van der Waals surface area contributed by atoms with Crippen molar-refractivity contribution in [2.75, 3.05) is 13.1 Å². The van der Waals surface area contributed by atoms with E-state index in [0.717, 1.165) is 19.5 Å². The third-order valence-electron chi connectivity index (χ3n) is 2.23. The van der Waals surface area contributed by atoms with Gasteiger partial charge in [-0.2, -0.15) is 0 Å². The largest absolute Gasteiger partial charge is 0.457 e. The summed E-state index contributed by atoms with van der Waals surface area (Å²) in [4.78, 5) is 11.6. The van der Waals surface area contributed by atoms with Crippen molar-refractivity contribution in [3.8, 4) is 0 Å². The van der Waals surface area contributed by atoms with Crippen LogP contribution in [0.3, 0.4) is 0 Å². The number of hydrogen-bond donors (Lipinski definition) is 2. The van der Waals surface area contributed by atoms with E-state index >= 15 is 0 Å². The summed E-state index contributed by atoms with van der Waals surface area (Å²) in [5, 5.41) is 6.11. The molecule has 0 spiro atoms. The van der Waals surface area contributed by atoms with Crippen LogP contribution >= 0.6 is 28.3 Å². The lowest BCUT2D eigenvalue weighted by Gasteiger charge is -2.09. The second-order valence-electron chi connectivity index (χ2n) is 3.30. The van der Waals surface area contributed by atoms with Gasteiger partial charge in [-0.3, -0.25) is 4.79 Å². The standard InChI is InChI=1S/C9H11BrN2O2.ClH/c10-8-3-6(5-14-8)9(13)12-7-1-2-11-4-7;/h3,5,7,11H,1-2,4H2,(H,12,13);1H. The SMILES string of the molecule is Cl.O=C(NC1CCNC1)c1coc(Br)c1. The molecule has 2 rings (SSSR count). The summed E-state index contributed by atoms with van der Waals surface area (Å²) in [6.07, 6.45) is 2.44. The molecule has 4 nitrogen and oxygen atoms in total. The number of furan rings is 1. The zero-order valence-corrected chi connectivity index (χ0v) is 10.4. The summed E-state index contributed by atoms with van der Waals surface area (Å²) < 4.78 is 5.57. The number of carbonyl (C=O) groups is 1. The Balaban J connectivity index is 0.00000112. The second kappa shape index (κ2) is 5.53. The molecule has 15 heavy (non-hydrogen) atoms. The Bertz CT molecular complexity index is 337. The highest BCUT2D eigenvalue weighted by Gasteiger charge is 2.18. The fraction of sp³-hybridized carbons (Fsp3) is 0.444. The fourth-order valence-electron chi connectivity index (χ4n) is 1.48. The second-order valence-corrected chi connectivity index (χ2v) is 4.08. The van der Waals surface area contributed by atoms with Gasteiger partial charge in [-0.25, -0.2) is 0 Å². The molecule has 6 heteroatoms. The first kappa shape index (κ1) is 12.5. The molecule has 2 N–H and O–H groups in total. The monoisotopic (exact) mass is 294 g/mol. The number of hydrogen-bond acceptors (Lipinski definition) is 3. The number of rotatable bonds is 2. The van der Waals surface area contributed by atoms with Gasteiger partial charge >= 0.3 is 0 Å². The van der Waals surface area contributed by atoms with Gasteiger partial charge < -0.3 is 15.1 Å². The molecule has 1 aliphatic heterocycles. The van der Waals surface area contributed by atoms with Crippen molar-refractivity contribution in [1.29, 1.82) is 0 Å². The molecule has 1 saturated heterocycles. The smallest absolute Gasteiger partial charge is 0.254 e. The van der Waals surface area contributed by atoms with Crippen LogP contribution in [0.15, 0.2) is 21.4 Å². The fourth-order valence-corrected chi connectivity index (χ4v) is 1.82. The van der Waals surface area contributed by atoms with E-state index in [4.69, 9.17) is 4.42 Å². The maximum atomic E-state index is 11.6. The third-order valence-corrected chi connectivity index (χ3v) is 2.64. The Hall–Kier alpha value is -0.520. The van der Waals surface area contributed by atoms with E-state index in [0.29, 0.717) is 10.2 Å². The maximum absolute atomic E-state index is 11.6. The van der Waals surface area contributed by atoms with E-state index in [2.05, 4.69) is 26.6 Å². The summed E-state index contributed by atoms with van der Waals surface area (Å²) in [7, 11) is 0. The van der Waals surface area contributed by atoms with Crippen molar-refractivity contribution in [3.05, 3.63) is 22.6 Å². The summed E-state index contributed by atoms with van der Waals surface area (Å²) in [5.41, 5.74) is 0.559. The molecule has 1 unspecified atom stereocenters. The van der Waals surface area contributed by atoms with Crippen molar-refractivity contribution in [3.63, 3.8) is 0 Å². The van der Waals surface area contributed by atoms with Crippen molar-refractivity contribution in [2.45, 2.75) is 12.5 Å². The zero-order chi connectivity index (χ0) is 9.97. The lowest BCUT2D eigenvalue weighted by molar-refractivity contribution is 0.0939. The Labute approximate surface area is 102 Å². The van der Waals surface area contributed by atoms with Gasteiger partial charge in [0.15, 0.2) is 4.67 Å². The van der Waals surface area contributed by atoms with Crippen LogP contribution in [0, 0.1) is 0 Å². The van der Waals surface area contributed by atoms with E-state index in [1.54, 1.807) is 6.07 Å². The van der Waals surface area contributed by atoms with Crippen molar-refractivity contribution >= 4 is 34.2 Å². The normalized spacial score (nSPS) is 19.7. The van der Waals surface area contributed by atoms with Gasteiger partial charge in [-0.05, 0) is 28.9 Å². The van der Waals surface area contributed by atoms with Crippen LogP contribution in [-0.4, -0.2) is 25.0 Å². The minimum Gasteiger partial charge on any atom is -0.457 e. The van der Waals surface area contributed by atoms with Crippen LogP contribution in [0.4, 0.5) is 0 Å². The topological polar surface area (TPSA) is 54.3 Å². The van der Waals surface area contributed by atoms with E-state index in [1.807, 2.05) is 0 Å². The van der Waals surface area contributed by atoms with Crippen LogP contribution in [0.25, 0.3) is 0 Å². The predicted octanol–water partition coefficient (Wildman–Crippen LogP) is 1.56. The highest BCUT2D eigenvalue weighted by Crippen LogP contribution is 2.14. The molecule has 0 aliphatic carbocycles. The Morgan fingerprint density at radius 2 is 2.47 bits per heavy atom. The average molecular weight is 296 g/mol. The first-order valence-electron chi connectivity index (χ1n) is 4.51. The molecule has 1 fully saturated rings. The molecule has 1 aromatic heterocycles. The summed E-state index contributed by atoms with van der Waals surface area (Å²) in [6, 6.07) is 1.91. The minimum atomic E-state index is -0.0758. The molecule has 0 aromatic carbocycles. The van der Waals surface area contributed by atoms with Gasteiger partial charge in [0.25, 0.3) is 5.91 Å². The quantitative estimate of drug-likeness (QED) is 0.870. The third kappa shape index (κ3) is 3.22. The molecule has 2 heterocycles. The van der Waals surface area contributed by atoms with Gasteiger partial charge in [0.05, 0.1) is 5.56 Å². The number of halogens is 2. The van der Waals surface area contributed by atoms with Gasteiger partial charge in [0.1, 0.15) is 6.26 Å². The first-order valence-corrected chi connectivity index (χ1v) is 5.30. The Morgan fingerprint density at radius 3 is 3.00 bits per heavy atom. The molecular formula is C9H12BrClN2O2. The van der Waals surface area contributed by atoms with Gasteiger partial charge in [-0.15, -0.1) is 12.4 Å². The summed E-state index contributed by atoms with van der Waals surface area (Å²) >= 11 is 3.15.